The van der Waals surface area contributed by atoms with E-state index in [1.54, 1.807) is 0 Å². The van der Waals surface area contributed by atoms with E-state index in [0.29, 0.717) is 5.41 Å². The van der Waals surface area contributed by atoms with Crippen LogP contribution in [0.25, 0.3) is 0 Å². The highest BCUT2D eigenvalue weighted by molar-refractivity contribution is 5.86. The zero-order valence-electron chi connectivity index (χ0n) is 7.55. The first kappa shape index (κ1) is 8.09. The Kier molecular flexibility index (Phi) is 2.07. The van der Waals surface area contributed by atoms with Crippen LogP contribution < -0.4 is 0 Å². The minimum Gasteiger partial charge on any atom is -0.411 e. The highest BCUT2D eigenvalue weighted by atomic mass is 16.4. The minimum atomic E-state index is 0.555. The molecule has 0 bridgehead atoms. The van der Waals surface area contributed by atoms with Crippen molar-refractivity contribution in [3.63, 3.8) is 0 Å². The Labute approximate surface area is 73.7 Å². The molecule has 2 nitrogen and oxygen atoms in total. The van der Waals surface area contributed by atoms with Crippen LogP contribution in [0, 0.1) is 5.41 Å². The number of nitrogens with zero attached hydrogens (tertiary/aromatic N) is 1. The van der Waals surface area contributed by atoms with Gasteiger partial charge in [-0.1, -0.05) is 24.4 Å². The van der Waals surface area contributed by atoms with Crippen molar-refractivity contribution >= 4 is 5.71 Å². The summed E-state index contributed by atoms with van der Waals surface area (Å²) in [5.74, 6) is 0. The lowest BCUT2D eigenvalue weighted by atomic mass is 9.73. The lowest BCUT2D eigenvalue weighted by Crippen LogP contribution is -2.20. The van der Waals surface area contributed by atoms with E-state index >= 15 is 0 Å². The second kappa shape index (κ2) is 3.08. The molecular weight excluding hydrogens is 150 g/mol. The monoisotopic (exact) mass is 167 g/mol. The fraction of sp³-hybridized carbons (Fsp3) is 0.900. The quantitative estimate of drug-likeness (QED) is 0.436. The second-order valence-electron chi connectivity index (χ2n) is 4.40. The number of hydrogen-bond donors (Lipinski definition) is 1. The van der Waals surface area contributed by atoms with Crippen LogP contribution in [0.2, 0.25) is 0 Å². The molecule has 2 fully saturated rings. The molecule has 0 aromatic carbocycles. The molecule has 0 saturated heterocycles. The molecule has 0 unspecified atom stereocenters. The van der Waals surface area contributed by atoms with Gasteiger partial charge in [-0.05, 0) is 37.5 Å². The molecule has 0 amide bonds. The fourth-order valence-electron chi connectivity index (χ4n) is 2.83. The first-order chi connectivity index (χ1) is 5.85. The maximum absolute atomic E-state index is 8.67. The molecule has 2 saturated carbocycles. The maximum Gasteiger partial charge on any atom is 0.0576 e. The predicted octanol–water partition coefficient (Wildman–Crippen LogP) is 2.95. The Morgan fingerprint density at radius 2 is 1.83 bits per heavy atom. The zero-order valence-corrected chi connectivity index (χ0v) is 7.55. The van der Waals surface area contributed by atoms with Crippen LogP contribution in [0.1, 0.15) is 51.4 Å². The summed E-state index contributed by atoms with van der Waals surface area (Å²) < 4.78 is 0. The molecule has 2 rings (SSSR count). The van der Waals surface area contributed by atoms with Crippen LogP contribution >= 0.6 is 0 Å². The van der Waals surface area contributed by atoms with Crippen LogP contribution in [0.5, 0.6) is 0 Å². The third-order valence-corrected chi connectivity index (χ3v) is 3.58. The van der Waals surface area contributed by atoms with Crippen molar-refractivity contribution < 1.29 is 5.21 Å². The van der Waals surface area contributed by atoms with Crippen molar-refractivity contribution in [3.8, 4) is 0 Å². The molecule has 0 aliphatic heterocycles. The number of rotatable bonds is 0. The first-order valence-corrected chi connectivity index (χ1v) is 5.04. The van der Waals surface area contributed by atoms with Crippen LogP contribution in [0.3, 0.4) is 0 Å². The van der Waals surface area contributed by atoms with E-state index in [0.717, 1.165) is 18.6 Å². The highest BCUT2D eigenvalue weighted by Gasteiger charge is 2.37. The van der Waals surface area contributed by atoms with Crippen LogP contribution in [-0.4, -0.2) is 10.9 Å². The lowest BCUT2D eigenvalue weighted by molar-refractivity contribution is 0.203. The topological polar surface area (TPSA) is 32.6 Å². The molecule has 0 aromatic heterocycles. The van der Waals surface area contributed by atoms with Gasteiger partial charge >= 0.3 is 0 Å². The van der Waals surface area contributed by atoms with E-state index < -0.39 is 0 Å². The van der Waals surface area contributed by atoms with E-state index in [9.17, 15) is 0 Å². The largest absolute Gasteiger partial charge is 0.411 e. The van der Waals surface area contributed by atoms with Gasteiger partial charge in [0.2, 0.25) is 0 Å². The smallest absolute Gasteiger partial charge is 0.0576 e. The van der Waals surface area contributed by atoms with Crippen LogP contribution in [0.4, 0.5) is 0 Å². The summed E-state index contributed by atoms with van der Waals surface area (Å²) in [5, 5.41) is 12.0. The molecule has 1 spiro atoms. The Morgan fingerprint density at radius 1 is 1.08 bits per heavy atom. The van der Waals surface area contributed by atoms with Gasteiger partial charge in [0.15, 0.2) is 0 Å². The molecule has 2 aliphatic carbocycles. The third kappa shape index (κ3) is 1.35. The molecule has 68 valence electrons. The lowest BCUT2D eigenvalue weighted by Gasteiger charge is -2.32. The van der Waals surface area contributed by atoms with Gasteiger partial charge < -0.3 is 5.21 Å². The Hall–Kier alpha value is -0.530. The number of oxime groups is 1. The summed E-state index contributed by atoms with van der Waals surface area (Å²) in [7, 11) is 0. The SMILES string of the molecule is O/N=C1\CCC2(CCCCC2)C1. The average molecular weight is 167 g/mol. The molecule has 0 radical (unpaired) electrons. The summed E-state index contributed by atoms with van der Waals surface area (Å²) in [5.41, 5.74) is 1.59. The second-order valence-corrected chi connectivity index (χ2v) is 4.40. The van der Waals surface area contributed by atoms with Gasteiger partial charge in [0.1, 0.15) is 0 Å². The van der Waals surface area contributed by atoms with Crippen molar-refractivity contribution in [3.05, 3.63) is 0 Å². The predicted molar refractivity (Wildman–Crippen MR) is 48.6 cm³/mol. The molecule has 2 aliphatic rings. The Morgan fingerprint density at radius 3 is 2.42 bits per heavy atom. The summed E-state index contributed by atoms with van der Waals surface area (Å²) in [6.45, 7) is 0. The molecule has 0 heterocycles. The summed E-state index contributed by atoms with van der Waals surface area (Å²) in [6, 6.07) is 0. The first-order valence-electron chi connectivity index (χ1n) is 5.04. The van der Waals surface area contributed by atoms with E-state index in [1.165, 1.54) is 38.5 Å². The van der Waals surface area contributed by atoms with Crippen molar-refractivity contribution in [1.82, 2.24) is 0 Å². The Bertz CT molecular complexity index is 192. The number of hydrogen-bond acceptors (Lipinski definition) is 2. The average Bonchev–Trinajstić information content (AvgIpc) is 2.50. The molecule has 0 aromatic rings. The van der Waals surface area contributed by atoms with Crippen LogP contribution in [-0.2, 0) is 0 Å². The molecule has 1 N–H and O–H groups in total. The minimum absolute atomic E-state index is 0.555. The van der Waals surface area contributed by atoms with Gasteiger partial charge in [-0.3, -0.25) is 0 Å². The summed E-state index contributed by atoms with van der Waals surface area (Å²) in [4.78, 5) is 0. The normalized spacial score (nSPS) is 31.5. The molecule has 2 heteroatoms. The van der Waals surface area contributed by atoms with Gasteiger partial charge in [0.25, 0.3) is 0 Å². The summed E-state index contributed by atoms with van der Waals surface area (Å²) >= 11 is 0. The van der Waals surface area contributed by atoms with Gasteiger partial charge in [-0.15, -0.1) is 0 Å². The zero-order chi connectivity index (χ0) is 8.44. The van der Waals surface area contributed by atoms with Crippen molar-refractivity contribution in [1.29, 1.82) is 0 Å². The van der Waals surface area contributed by atoms with Gasteiger partial charge in [0.05, 0.1) is 5.71 Å². The third-order valence-electron chi connectivity index (χ3n) is 3.58. The van der Waals surface area contributed by atoms with Crippen molar-refractivity contribution in [2.24, 2.45) is 10.6 Å². The maximum atomic E-state index is 8.67. The van der Waals surface area contributed by atoms with E-state index in [2.05, 4.69) is 5.16 Å². The Balaban J connectivity index is 2.03. The molecule has 12 heavy (non-hydrogen) atoms. The highest BCUT2D eigenvalue weighted by Crippen LogP contribution is 2.47. The van der Waals surface area contributed by atoms with E-state index in [-0.39, 0.29) is 0 Å². The van der Waals surface area contributed by atoms with E-state index in [4.69, 9.17) is 5.21 Å². The van der Waals surface area contributed by atoms with Gasteiger partial charge in [0, 0.05) is 0 Å². The van der Waals surface area contributed by atoms with Crippen molar-refractivity contribution in [2.75, 3.05) is 0 Å². The standard InChI is InChI=1S/C10H17NO/c12-11-9-4-7-10(8-9)5-2-1-3-6-10/h12H,1-8H2/b11-9+. The van der Waals surface area contributed by atoms with Crippen LogP contribution in [0.15, 0.2) is 5.16 Å². The van der Waals surface area contributed by atoms with Gasteiger partial charge in [-0.25, -0.2) is 0 Å². The van der Waals surface area contributed by atoms with Crippen molar-refractivity contribution in [2.45, 2.75) is 51.4 Å². The fourth-order valence-corrected chi connectivity index (χ4v) is 2.83. The van der Waals surface area contributed by atoms with Gasteiger partial charge in [-0.2, -0.15) is 0 Å². The summed E-state index contributed by atoms with van der Waals surface area (Å²) in [6.07, 6.45) is 10.3. The van der Waals surface area contributed by atoms with E-state index in [1.807, 2.05) is 0 Å². The molecule has 0 atom stereocenters. The molecular formula is C10H17NO.